The van der Waals surface area contributed by atoms with Gasteiger partial charge in [-0.3, -0.25) is 4.90 Å². The van der Waals surface area contributed by atoms with Crippen LogP contribution in [0.25, 0.3) is 0 Å². The van der Waals surface area contributed by atoms with Gasteiger partial charge in [0.2, 0.25) is 0 Å². The highest BCUT2D eigenvalue weighted by atomic mass is 16.5. The zero-order chi connectivity index (χ0) is 13.9. The van der Waals surface area contributed by atoms with E-state index < -0.39 is 0 Å². The van der Waals surface area contributed by atoms with Gasteiger partial charge in [0.05, 0.1) is 18.0 Å². The van der Waals surface area contributed by atoms with Crippen molar-refractivity contribution in [2.75, 3.05) is 25.4 Å². The van der Waals surface area contributed by atoms with Crippen molar-refractivity contribution < 1.29 is 9.26 Å². The van der Waals surface area contributed by atoms with Crippen LogP contribution in [0.5, 0.6) is 0 Å². The minimum atomic E-state index is -0.0414. The zero-order valence-corrected chi connectivity index (χ0v) is 11.5. The van der Waals surface area contributed by atoms with E-state index in [1.807, 2.05) is 25.1 Å². The van der Waals surface area contributed by atoms with Crippen LogP contribution >= 0.6 is 0 Å². The molecule has 6 heteroatoms. The summed E-state index contributed by atoms with van der Waals surface area (Å²) in [4.78, 5) is 6.62. The molecular formula is C14H18N4O2. The molecule has 6 nitrogen and oxygen atoms in total. The minimum Gasteiger partial charge on any atom is -0.384 e. The third-order valence-corrected chi connectivity index (χ3v) is 3.33. The smallest absolute Gasteiger partial charge is 0.133 e. The number of hydrogen-bond acceptors (Lipinski definition) is 6. The summed E-state index contributed by atoms with van der Waals surface area (Å²) in [7, 11) is 0. The van der Waals surface area contributed by atoms with E-state index in [9.17, 15) is 0 Å². The Labute approximate surface area is 117 Å². The summed E-state index contributed by atoms with van der Waals surface area (Å²) in [6.07, 6.45) is -0.0414. The molecule has 0 radical (unpaired) electrons. The fourth-order valence-corrected chi connectivity index (χ4v) is 2.39. The number of pyridine rings is 1. The molecule has 0 bridgehead atoms. The highest BCUT2D eigenvalue weighted by Gasteiger charge is 2.23. The van der Waals surface area contributed by atoms with Gasteiger partial charge >= 0.3 is 0 Å². The zero-order valence-electron chi connectivity index (χ0n) is 11.5. The van der Waals surface area contributed by atoms with Gasteiger partial charge < -0.3 is 15.0 Å². The van der Waals surface area contributed by atoms with Crippen molar-refractivity contribution in [3.63, 3.8) is 0 Å². The van der Waals surface area contributed by atoms with E-state index >= 15 is 0 Å². The average Bonchev–Trinajstić information content (AvgIpc) is 2.84. The van der Waals surface area contributed by atoms with Crippen LogP contribution in [-0.2, 0) is 11.3 Å². The van der Waals surface area contributed by atoms with Crippen LogP contribution in [0.4, 0.5) is 5.82 Å². The topological polar surface area (TPSA) is 77.4 Å². The monoisotopic (exact) mass is 274 g/mol. The fourth-order valence-electron chi connectivity index (χ4n) is 2.39. The number of morpholine rings is 1. The van der Waals surface area contributed by atoms with Crippen molar-refractivity contribution in [3.8, 4) is 0 Å². The van der Waals surface area contributed by atoms with Gasteiger partial charge in [0.15, 0.2) is 0 Å². The lowest BCUT2D eigenvalue weighted by atomic mass is 10.2. The third-order valence-electron chi connectivity index (χ3n) is 3.33. The fraction of sp³-hybridized carbons (Fsp3) is 0.429. The molecular weight excluding hydrogens is 256 g/mol. The number of hydrogen-bond donors (Lipinski definition) is 1. The van der Waals surface area contributed by atoms with E-state index in [2.05, 4.69) is 15.0 Å². The van der Waals surface area contributed by atoms with Crippen LogP contribution in [0.3, 0.4) is 0 Å². The molecule has 2 aromatic rings. The molecule has 1 saturated heterocycles. The first-order valence-corrected chi connectivity index (χ1v) is 6.69. The minimum absolute atomic E-state index is 0.0414. The molecule has 1 aliphatic heterocycles. The van der Waals surface area contributed by atoms with Gasteiger partial charge in [-0.2, -0.15) is 0 Å². The number of nitrogen functional groups attached to an aromatic ring is 1. The maximum atomic E-state index is 5.79. The van der Waals surface area contributed by atoms with E-state index in [1.54, 1.807) is 6.07 Å². The van der Waals surface area contributed by atoms with E-state index in [0.29, 0.717) is 12.4 Å². The molecule has 2 N–H and O–H groups in total. The van der Waals surface area contributed by atoms with Crippen molar-refractivity contribution in [2.45, 2.75) is 19.6 Å². The Balaban J connectivity index is 1.67. The van der Waals surface area contributed by atoms with Gasteiger partial charge in [-0.25, -0.2) is 4.98 Å². The van der Waals surface area contributed by atoms with Gasteiger partial charge in [-0.05, 0) is 19.1 Å². The summed E-state index contributed by atoms with van der Waals surface area (Å²) in [6, 6.07) is 7.59. The Bertz CT molecular complexity index is 584. The normalized spacial score (nSPS) is 20.1. The summed E-state index contributed by atoms with van der Waals surface area (Å²) >= 11 is 0. The Hall–Kier alpha value is -1.92. The number of anilines is 1. The molecule has 1 fully saturated rings. The predicted molar refractivity (Wildman–Crippen MR) is 73.9 cm³/mol. The van der Waals surface area contributed by atoms with Crippen LogP contribution in [0.15, 0.2) is 28.8 Å². The molecule has 106 valence electrons. The summed E-state index contributed by atoms with van der Waals surface area (Å²) in [5.74, 6) is 1.36. The molecule has 1 atom stereocenters. The maximum Gasteiger partial charge on any atom is 0.133 e. The van der Waals surface area contributed by atoms with Crippen LogP contribution < -0.4 is 5.73 Å². The number of rotatable bonds is 3. The van der Waals surface area contributed by atoms with Gasteiger partial charge in [0.25, 0.3) is 0 Å². The summed E-state index contributed by atoms with van der Waals surface area (Å²) in [5, 5.41) is 4.03. The second-order valence-corrected chi connectivity index (χ2v) is 5.01. The van der Waals surface area contributed by atoms with Crippen LogP contribution in [0.1, 0.15) is 23.3 Å². The molecule has 0 aromatic carbocycles. The number of nitrogens with zero attached hydrogens (tertiary/aromatic N) is 3. The number of nitrogens with two attached hydrogens (primary N) is 1. The van der Waals surface area contributed by atoms with Crippen LogP contribution in [0.2, 0.25) is 0 Å². The average molecular weight is 274 g/mol. The Morgan fingerprint density at radius 3 is 3.10 bits per heavy atom. The Kier molecular flexibility index (Phi) is 3.66. The number of ether oxygens (including phenoxy) is 1. The second-order valence-electron chi connectivity index (χ2n) is 5.01. The van der Waals surface area contributed by atoms with Gasteiger partial charge in [0.1, 0.15) is 17.7 Å². The predicted octanol–water partition coefficient (Wildman–Crippen LogP) is 1.53. The Morgan fingerprint density at radius 2 is 2.35 bits per heavy atom. The van der Waals surface area contributed by atoms with Crippen molar-refractivity contribution >= 4 is 5.82 Å². The van der Waals surface area contributed by atoms with Crippen LogP contribution in [0, 0.1) is 6.92 Å². The number of aromatic nitrogens is 2. The number of aryl methyl sites for hydroxylation is 1. The molecule has 3 rings (SSSR count). The first-order chi connectivity index (χ1) is 9.70. The van der Waals surface area contributed by atoms with Gasteiger partial charge in [0, 0.05) is 25.7 Å². The largest absolute Gasteiger partial charge is 0.384 e. The summed E-state index contributed by atoms with van der Waals surface area (Å²) in [6.45, 7) is 5.00. The molecule has 0 amide bonds. The lowest BCUT2D eigenvalue weighted by Crippen LogP contribution is -2.38. The SMILES string of the molecule is Cc1cc(CN2CCOC(c3cccc(N)n3)C2)no1. The summed E-state index contributed by atoms with van der Waals surface area (Å²) < 4.78 is 10.9. The van der Waals surface area contributed by atoms with Gasteiger partial charge in [-0.1, -0.05) is 11.2 Å². The van der Waals surface area contributed by atoms with Crippen molar-refractivity contribution in [2.24, 2.45) is 0 Å². The molecule has 0 aliphatic carbocycles. The molecule has 1 aliphatic rings. The highest BCUT2D eigenvalue weighted by molar-refractivity contribution is 5.29. The molecule has 3 heterocycles. The van der Waals surface area contributed by atoms with E-state index in [4.69, 9.17) is 15.0 Å². The first kappa shape index (κ1) is 13.1. The van der Waals surface area contributed by atoms with Crippen molar-refractivity contribution in [1.82, 2.24) is 15.0 Å². The second kappa shape index (κ2) is 5.60. The first-order valence-electron chi connectivity index (χ1n) is 6.69. The van der Waals surface area contributed by atoms with Gasteiger partial charge in [-0.15, -0.1) is 0 Å². The maximum absolute atomic E-state index is 5.79. The van der Waals surface area contributed by atoms with Crippen molar-refractivity contribution in [1.29, 1.82) is 0 Å². The quantitative estimate of drug-likeness (QED) is 0.914. The van der Waals surface area contributed by atoms with E-state index in [1.165, 1.54) is 0 Å². The third kappa shape index (κ3) is 2.97. The van der Waals surface area contributed by atoms with Crippen LogP contribution in [-0.4, -0.2) is 34.7 Å². The van der Waals surface area contributed by atoms with Crippen molar-refractivity contribution in [3.05, 3.63) is 41.4 Å². The molecule has 1 unspecified atom stereocenters. The van der Waals surface area contributed by atoms with E-state index in [-0.39, 0.29) is 6.10 Å². The molecule has 0 spiro atoms. The Morgan fingerprint density at radius 1 is 1.45 bits per heavy atom. The highest BCUT2D eigenvalue weighted by Crippen LogP contribution is 2.22. The lowest BCUT2D eigenvalue weighted by molar-refractivity contribution is -0.0354. The molecule has 2 aromatic heterocycles. The van der Waals surface area contributed by atoms with E-state index in [0.717, 1.165) is 36.8 Å². The molecule has 0 saturated carbocycles. The summed E-state index contributed by atoms with van der Waals surface area (Å²) in [5.41, 5.74) is 7.55. The lowest BCUT2D eigenvalue weighted by Gasteiger charge is -2.32. The standard InChI is InChI=1S/C14H18N4O2/c1-10-7-11(17-20-10)8-18-5-6-19-13(9-18)12-3-2-4-14(15)16-12/h2-4,7,13H,5-6,8-9H2,1H3,(H2,15,16). The molecule has 20 heavy (non-hydrogen) atoms.